The summed E-state index contributed by atoms with van der Waals surface area (Å²) in [7, 11) is -4.02. The van der Waals surface area contributed by atoms with E-state index in [0.29, 0.717) is 25.3 Å². The van der Waals surface area contributed by atoms with Gasteiger partial charge in [0.2, 0.25) is 15.9 Å². The van der Waals surface area contributed by atoms with Gasteiger partial charge in [0.05, 0.1) is 16.7 Å². The van der Waals surface area contributed by atoms with Crippen LogP contribution in [-0.4, -0.2) is 62.1 Å². The first-order valence-corrected chi connectivity index (χ1v) is 12.5. The molecular formula is C18H26Cl2N2O4S2. The Morgan fingerprint density at radius 1 is 1.43 bits per heavy atom. The van der Waals surface area contributed by atoms with Crippen molar-refractivity contribution in [1.82, 2.24) is 9.62 Å². The van der Waals surface area contributed by atoms with Gasteiger partial charge in [0.1, 0.15) is 10.9 Å². The molecule has 6 nitrogen and oxygen atoms in total. The molecule has 1 saturated heterocycles. The molecule has 1 N–H and O–H groups in total. The molecule has 1 aliphatic rings. The predicted octanol–water partition coefficient (Wildman–Crippen LogP) is 3.42. The van der Waals surface area contributed by atoms with Gasteiger partial charge in [0, 0.05) is 18.1 Å². The smallest absolute Gasteiger partial charge is 0.242 e. The Bertz CT molecular complexity index is 818. The molecule has 2 atom stereocenters. The van der Waals surface area contributed by atoms with Crippen molar-refractivity contribution in [3.63, 3.8) is 0 Å². The minimum atomic E-state index is -4.02. The molecule has 0 radical (unpaired) electrons. The normalized spacial score (nSPS) is 20.8. The van der Waals surface area contributed by atoms with Gasteiger partial charge in [-0.3, -0.25) is 4.79 Å². The lowest BCUT2D eigenvalue weighted by Gasteiger charge is -2.42. The van der Waals surface area contributed by atoms with Gasteiger partial charge < -0.3 is 9.64 Å². The zero-order chi connectivity index (χ0) is 21.1. The highest BCUT2D eigenvalue weighted by Crippen LogP contribution is 2.26. The van der Waals surface area contributed by atoms with Crippen molar-refractivity contribution in [2.45, 2.75) is 49.8 Å². The standard InChI is InChI=1S/C18H26Cl2N2O4S2/c1-12-10-22(11-18(2,3)26-12)17(23)15(7-8-27-4)21-28(24,25)16-9-13(19)5-6-14(16)20/h5-6,9,12,15,21H,7-8,10-11H2,1-4H3. The van der Waals surface area contributed by atoms with E-state index in [1.807, 2.05) is 27.0 Å². The van der Waals surface area contributed by atoms with Crippen LogP contribution in [0.5, 0.6) is 0 Å². The summed E-state index contributed by atoms with van der Waals surface area (Å²) in [6.07, 6.45) is 2.14. The van der Waals surface area contributed by atoms with E-state index in [4.69, 9.17) is 27.9 Å². The van der Waals surface area contributed by atoms with Gasteiger partial charge in [-0.2, -0.15) is 16.5 Å². The number of sulfonamides is 1. The SMILES string of the molecule is CSCCC(NS(=O)(=O)c1cc(Cl)ccc1Cl)C(=O)N1CC(C)OC(C)(C)C1. The Kier molecular flexibility index (Phi) is 8.09. The van der Waals surface area contributed by atoms with E-state index in [0.717, 1.165) is 0 Å². The highest BCUT2D eigenvalue weighted by atomic mass is 35.5. The number of rotatable bonds is 7. The monoisotopic (exact) mass is 468 g/mol. The van der Waals surface area contributed by atoms with Crippen LogP contribution in [0.2, 0.25) is 10.0 Å². The second-order valence-corrected chi connectivity index (χ2v) is 10.9. The van der Waals surface area contributed by atoms with Gasteiger partial charge in [-0.25, -0.2) is 8.42 Å². The van der Waals surface area contributed by atoms with Gasteiger partial charge in [-0.05, 0) is 57.4 Å². The number of hydrogen-bond acceptors (Lipinski definition) is 5. The van der Waals surface area contributed by atoms with E-state index >= 15 is 0 Å². The van der Waals surface area contributed by atoms with Crippen molar-refractivity contribution >= 4 is 50.9 Å². The molecule has 0 aromatic heterocycles. The van der Waals surface area contributed by atoms with E-state index in [1.165, 1.54) is 18.2 Å². The number of halogens is 2. The number of hydrogen-bond donors (Lipinski definition) is 1. The third-order valence-corrected chi connectivity index (χ3v) is 7.10. The zero-order valence-corrected chi connectivity index (χ0v) is 19.5. The Labute approximate surface area is 181 Å². The van der Waals surface area contributed by atoms with Crippen LogP contribution in [-0.2, 0) is 19.6 Å². The van der Waals surface area contributed by atoms with Crippen LogP contribution < -0.4 is 4.72 Å². The Morgan fingerprint density at radius 2 is 2.11 bits per heavy atom. The third-order valence-electron chi connectivity index (χ3n) is 4.27. The fraction of sp³-hybridized carbons (Fsp3) is 0.611. The van der Waals surface area contributed by atoms with Crippen LogP contribution in [0, 0.1) is 0 Å². The Morgan fingerprint density at radius 3 is 2.71 bits per heavy atom. The first kappa shape index (κ1) is 23.8. The Hall–Kier alpha value is -0.510. The first-order chi connectivity index (χ1) is 12.9. The number of thioether (sulfide) groups is 1. The molecule has 1 heterocycles. The average Bonchev–Trinajstić information content (AvgIpc) is 2.58. The lowest BCUT2D eigenvalue weighted by atomic mass is 10.0. The minimum absolute atomic E-state index is 0.0501. The van der Waals surface area contributed by atoms with Gasteiger partial charge in [0.15, 0.2) is 0 Å². The molecule has 0 bridgehead atoms. The summed E-state index contributed by atoms with van der Waals surface area (Å²) in [5, 5.41) is 0.301. The maximum atomic E-state index is 13.2. The van der Waals surface area contributed by atoms with Crippen molar-refractivity contribution in [3.8, 4) is 0 Å². The van der Waals surface area contributed by atoms with Crippen LogP contribution in [0.4, 0.5) is 0 Å². The summed E-state index contributed by atoms with van der Waals surface area (Å²) in [4.78, 5) is 14.7. The maximum Gasteiger partial charge on any atom is 0.242 e. The van der Waals surface area contributed by atoms with Crippen molar-refractivity contribution < 1.29 is 17.9 Å². The third kappa shape index (κ3) is 6.24. The predicted molar refractivity (Wildman–Crippen MR) is 115 cm³/mol. The quantitative estimate of drug-likeness (QED) is 0.663. The molecule has 2 unspecified atom stereocenters. The number of benzene rings is 1. The largest absolute Gasteiger partial charge is 0.369 e. The van der Waals surface area contributed by atoms with E-state index < -0.39 is 21.7 Å². The van der Waals surface area contributed by atoms with Crippen molar-refractivity contribution in [3.05, 3.63) is 28.2 Å². The van der Waals surface area contributed by atoms with Crippen LogP contribution in [0.3, 0.4) is 0 Å². The minimum Gasteiger partial charge on any atom is -0.369 e. The number of carbonyl (C=O) groups excluding carboxylic acids is 1. The van der Waals surface area contributed by atoms with Crippen LogP contribution in [0.1, 0.15) is 27.2 Å². The summed E-state index contributed by atoms with van der Waals surface area (Å²) in [5.74, 6) is 0.366. The molecule has 10 heteroatoms. The van der Waals surface area contributed by atoms with E-state index in [-0.39, 0.29) is 27.0 Å². The number of amides is 1. The van der Waals surface area contributed by atoms with Crippen molar-refractivity contribution in [1.29, 1.82) is 0 Å². The molecule has 1 aliphatic heterocycles. The van der Waals surface area contributed by atoms with Gasteiger partial charge in [0.25, 0.3) is 0 Å². The second kappa shape index (κ2) is 9.53. The molecule has 2 rings (SSSR count). The molecule has 0 spiro atoms. The Balaban J connectivity index is 2.27. The maximum absolute atomic E-state index is 13.2. The lowest BCUT2D eigenvalue weighted by Crippen LogP contribution is -2.58. The van der Waals surface area contributed by atoms with Gasteiger partial charge in [-0.15, -0.1) is 0 Å². The highest BCUT2D eigenvalue weighted by Gasteiger charge is 2.37. The summed E-state index contributed by atoms with van der Waals surface area (Å²) in [6, 6.07) is 3.32. The molecule has 158 valence electrons. The summed E-state index contributed by atoms with van der Waals surface area (Å²) < 4.78 is 34.2. The average molecular weight is 469 g/mol. The highest BCUT2D eigenvalue weighted by molar-refractivity contribution is 7.98. The molecule has 0 aliphatic carbocycles. The van der Waals surface area contributed by atoms with E-state index in [1.54, 1.807) is 16.7 Å². The lowest BCUT2D eigenvalue weighted by molar-refractivity contribution is -0.159. The number of ether oxygens (including phenoxy) is 1. The van der Waals surface area contributed by atoms with Gasteiger partial charge >= 0.3 is 0 Å². The molecule has 28 heavy (non-hydrogen) atoms. The topological polar surface area (TPSA) is 75.7 Å². The number of nitrogens with zero attached hydrogens (tertiary/aromatic N) is 1. The molecule has 1 aromatic rings. The van der Waals surface area contributed by atoms with Crippen molar-refractivity contribution in [2.75, 3.05) is 25.1 Å². The second-order valence-electron chi connectivity index (χ2n) is 7.44. The van der Waals surface area contributed by atoms with Gasteiger partial charge in [-0.1, -0.05) is 23.2 Å². The first-order valence-electron chi connectivity index (χ1n) is 8.88. The molecule has 1 amide bonds. The molecular weight excluding hydrogens is 443 g/mol. The van der Waals surface area contributed by atoms with Crippen molar-refractivity contribution in [2.24, 2.45) is 0 Å². The van der Waals surface area contributed by atoms with E-state index in [2.05, 4.69) is 4.72 Å². The number of carbonyl (C=O) groups is 1. The van der Waals surface area contributed by atoms with Crippen LogP contribution in [0.15, 0.2) is 23.1 Å². The fourth-order valence-corrected chi connectivity index (χ4v) is 5.70. The number of morpholine rings is 1. The molecule has 1 fully saturated rings. The zero-order valence-electron chi connectivity index (χ0n) is 16.4. The summed E-state index contributed by atoms with van der Waals surface area (Å²) in [5.41, 5.74) is -0.494. The molecule has 0 saturated carbocycles. The summed E-state index contributed by atoms with van der Waals surface area (Å²) >= 11 is 13.5. The van der Waals surface area contributed by atoms with Crippen LogP contribution in [0.25, 0.3) is 0 Å². The fourth-order valence-electron chi connectivity index (χ4n) is 3.24. The number of nitrogens with one attached hydrogen (secondary N) is 1. The van der Waals surface area contributed by atoms with Crippen LogP contribution >= 0.6 is 35.0 Å². The van der Waals surface area contributed by atoms with E-state index in [9.17, 15) is 13.2 Å². The molecule has 1 aromatic carbocycles. The summed E-state index contributed by atoms with van der Waals surface area (Å²) in [6.45, 7) is 6.53.